The number of fused-ring (bicyclic) bond motifs is 20. The Hall–Kier alpha value is -6.79. The highest BCUT2D eigenvalue weighted by molar-refractivity contribution is 6.04. The molecule has 0 unspecified atom stereocenters. The number of benzene rings is 5. The second-order valence-corrected chi connectivity index (χ2v) is 12.6. The highest BCUT2D eigenvalue weighted by atomic mass is 16.4. The number of nitrogens with one attached hydrogen (secondary N) is 4. The van der Waals surface area contributed by atoms with E-state index in [1.165, 1.54) is 0 Å². The molecule has 5 heterocycles. The summed E-state index contributed by atoms with van der Waals surface area (Å²) in [4.78, 5) is 27.0. The summed E-state index contributed by atoms with van der Waals surface area (Å²) in [5, 5.41) is 22.6. The molecular formula is C43H28N4O2. The van der Waals surface area contributed by atoms with Gasteiger partial charge in [-0.2, -0.15) is 0 Å². The monoisotopic (exact) mass is 632 g/mol. The fourth-order valence-electron chi connectivity index (χ4n) is 7.58. The van der Waals surface area contributed by atoms with E-state index < -0.39 is 5.97 Å². The number of aromatic amines is 4. The van der Waals surface area contributed by atoms with Gasteiger partial charge in [0.2, 0.25) is 0 Å². The molecule has 0 saturated carbocycles. The summed E-state index contributed by atoms with van der Waals surface area (Å²) in [5.74, 6) is -0.953. The van der Waals surface area contributed by atoms with E-state index in [9.17, 15) is 9.90 Å². The lowest BCUT2D eigenvalue weighted by molar-refractivity contribution is 0.0697. The Labute approximate surface area is 278 Å². The van der Waals surface area contributed by atoms with Gasteiger partial charge in [0.1, 0.15) is 0 Å². The third kappa shape index (κ3) is 4.17. The number of aromatic nitrogens is 4. The lowest BCUT2D eigenvalue weighted by atomic mass is 9.97. The smallest absolute Gasteiger partial charge is 0.335 e. The van der Waals surface area contributed by atoms with Gasteiger partial charge in [-0.3, -0.25) is 0 Å². The molecule has 0 amide bonds. The molecule has 4 aromatic heterocycles. The average Bonchev–Trinajstić information content (AvgIpc) is 3.88. The molecule has 0 radical (unpaired) electrons. The fraction of sp³-hybridized carbons (Fsp3) is 0. The van der Waals surface area contributed by atoms with Crippen molar-refractivity contribution in [2.24, 2.45) is 0 Å². The van der Waals surface area contributed by atoms with Crippen molar-refractivity contribution in [3.63, 3.8) is 0 Å². The third-order valence-corrected chi connectivity index (χ3v) is 9.83. The van der Waals surface area contributed by atoms with Gasteiger partial charge in [-0.15, -0.1) is 0 Å². The molecule has 0 fully saturated rings. The predicted molar refractivity (Wildman–Crippen MR) is 197 cm³/mol. The first-order valence-corrected chi connectivity index (χ1v) is 16.3. The zero-order chi connectivity index (χ0) is 32.6. The van der Waals surface area contributed by atoms with Crippen molar-refractivity contribution in [1.82, 2.24) is 19.9 Å². The molecule has 5 N–H and O–H groups in total. The largest absolute Gasteiger partial charge is 0.478 e. The van der Waals surface area contributed by atoms with Crippen LogP contribution in [0.15, 0.2) is 121 Å². The third-order valence-electron chi connectivity index (χ3n) is 9.83. The minimum Gasteiger partial charge on any atom is -0.478 e. The van der Waals surface area contributed by atoms with E-state index in [-0.39, 0.29) is 5.56 Å². The molecule has 232 valence electrons. The van der Waals surface area contributed by atoms with Crippen molar-refractivity contribution in [3.05, 3.63) is 177 Å². The summed E-state index contributed by atoms with van der Waals surface area (Å²) in [7, 11) is 0. The first-order chi connectivity index (χ1) is 24.1. The first kappa shape index (κ1) is 27.3. The van der Waals surface area contributed by atoms with Crippen LogP contribution in [0.2, 0.25) is 0 Å². The zero-order valence-corrected chi connectivity index (χ0v) is 26.1. The highest BCUT2D eigenvalue weighted by Crippen LogP contribution is 2.32. The molecule has 6 heteroatoms. The van der Waals surface area contributed by atoms with E-state index in [1.54, 1.807) is 12.1 Å². The van der Waals surface area contributed by atoms with Gasteiger partial charge in [0, 0.05) is 81.8 Å². The van der Waals surface area contributed by atoms with Crippen LogP contribution in [0, 0.1) is 0 Å². The van der Waals surface area contributed by atoms with E-state index in [0.29, 0.717) is 0 Å². The van der Waals surface area contributed by atoms with Gasteiger partial charge in [0.15, 0.2) is 0 Å². The van der Waals surface area contributed by atoms with Gasteiger partial charge in [0.05, 0.1) is 16.6 Å². The molecule has 0 atom stereocenters. The molecule has 8 bridgehead atoms. The van der Waals surface area contributed by atoms with Crippen LogP contribution in [0.25, 0.3) is 66.9 Å². The molecule has 0 aliphatic carbocycles. The Morgan fingerprint density at radius 2 is 0.857 bits per heavy atom. The van der Waals surface area contributed by atoms with E-state index in [2.05, 4.69) is 135 Å². The molecule has 49 heavy (non-hydrogen) atoms. The second-order valence-electron chi connectivity index (χ2n) is 12.6. The maximum atomic E-state index is 11.9. The molecule has 0 spiro atoms. The van der Waals surface area contributed by atoms with Gasteiger partial charge in [0.25, 0.3) is 0 Å². The maximum absolute atomic E-state index is 11.9. The van der Waals surface area contributed by atoms with E-state index in [4.69, 9.17) is 0 Å². The summed E-state index contributed by atoms with van der Waals surface area (Å²) in [5.41, 5.74) is 6.07. The lowest BCUT2D eigenvalue weighted by Gasteiger charge is -2.08. The van der Waals surface area contributed by atoms with Crippen LogP contribution in [0.3, 0.4) is 0 Å². The number of carbonyl (C=O) groups is 1. The van der Waals surface area contributed by atoms with Crippen molar-refractivity contribution >= 4 is 72.9 Å². The quantitative estimate of drug-likeness (QED) is 0.153. The van der Waals surface area contributed by atoms with Crippen LogP contribution in [0.1, 0.15) is 38.7 Å². The number of H-pyrrole nitrogens is 4. The van der Waals surface area contributed by atoms with Crippen LogP contribution >= 0.6 is 0 Å². The van der Waals surface area contributed by atoms with Crippen molar-refractivity contribution in [1.29, 1.82) is 0 Å². The van der Waals surface area contributed by atoms with Crippen LogP contribution < -0.4 is 21.4 Å². The van der Waals surface area contributed by atoms with E-state index in [1.807, 2.05) is 12.1 Å². The number of hydrogen-bond acceptors (Lipinski definition) is 1. The summed E-state index contributed by atoms with van der Waals surface area (Å²) >= 11 is 0. The lowest BCUT2D eigenvalue weighted by Crippen LogP contribution is -2.16. The highest BCUT2D eigenvalue weighted by Gasteiger charge is 2.19. The van der Waals surface area contributed by atoms with Crippen molar-refractivity contribution < 1.29 is 9.90 Å². The maximum Gasteiger partial charge on any atom is 0.335 e. The SMILES string of the molecule is O=C(O)c1ccc(C2=c3[nH]c(c4ccccc34)=Cc3[nH]c(c4ccccc34)C=c3[nH]c(c4ccccc34)=Cc3[nH]c2c2ccccc32)cc1. The van der Waals surface area contributed by atoms with Gasteiger partial charge >= 0.3 is 5.97 Å². The van der Waals surface area contributed by atoms with Gasteiger partial charge in [-0.25, -0.2) is 4.79 Å². The van der Waals surface area contributed by atoms with Crippen molar-refractivity contribution in [3.8, 4) is 0 Å². The molecule has 1 aliphatic heterocycles. The minimum absolute atomic E-state index is 0.244. The van der Waals surface area contributed by atoms with Gasteiger partial charge in [-0.1, -0.05) is 109 Å². The Bertz CT molecular complexity index is 3080. The Morgan fingerprint density at radius 3 is 1.41 bits per heavy atom. The second kappa shape index (κ2) is 10.4. The molecule has 0 saturated heterocycles. The number of hydrogen-bond donors (Lipinski definition) is 5. The normalized spacial score (nSPS) is 12.7. The van der Waals surface area contributed by atoms with Crippen LogP contribution in [0.5, 0.6) is 0 Å². The van der Waals surface area contributed by atoms with Gasteiger partial charge < -0.3 is 25.0 Å². The number of aromatic carboxylic acids is 1. The van der Waals surface area contributed by atoms with Crippen molar-refractivity contribution in [2.75, 3.05) is 0 Å². The number of carboxylic acids is 1. The van der Waals surface area contributed by atoms with Crippen LogP contribution in [0.4, 0.5) is 0 Å². The Balaban J connectivity index is 1.44. The average molecular weight is 633 g/mol. The fourth-order valence-corrected chi connectivity index (χ4v) is 7.58. The predicted octanol–water partition coefficient (Wildman–Crippen LogP) is 6.36. The number of rotatable bonds is 2. The summed E-state index contributed by atoms with van der Waals surface area (Å²) in [6.45, 7) is 0. The molecule has 6 nitrogen and oxygen atoms in total. The number of carboxylic acid groups (broad SMARTS) is 1. The van der Waals surface area contributed by atoms with E-state index >= 15 is 0 Å². The Kier molecular flexibility index (Phi) is 5.78. The minimum atomic E-state index is -0.953. The summed E-state index contributed by atoms with van der Waals surface area (Å²) in [6, 6.07) is 41.0. The molecule has 10 rings (SSSR count). The summed E-state index contributed by atoms with van der Waals surface area (Å²) in [6.07, 6.45) is 6.62. The van der Waals surface area contributed by atoms with Crippen LogP contribution in [-0.2, 0) is 0 Å². The topological polar surface area (TPSA) is 100 Å². The van der Waals surface area contributed by atoms with E-state index in [0.717, 1.165) is 98.4 Å². The molecule has 9 aromatic rings. The zero-order valence-electron chi connectivity index (χ0n) is 26.1. The molecule has 5 aromatic carbocycles. The first-order valence-electron chi connectivity index (χ1n) is 16.3. The van der Waals surface area contributed by atoms with Gasteiger partial charge in [-0.05, 0) is 35.9 Å². The Morgan fingerprint density at radius 1 is 0.429 bits per heavy atom. The molecular weight excluding hydrogens is 604 g/mol. The van der Waals surface area contributed by atoms with Crippen LogP contribution in [-0.4, -0.2) is 31.0 Å². The molecule has 1 aliphatic rings. The standard InChI is InChI=1S/C43H28N4O2/c48-43(49)25-19-17-24(18-20-25)40-41-32-15-7-5-13-30(32)38(46-41)22-36-28-11-3-1-9-26(28)34(44-36)21-35-27-10-2-4-12-29(27)37(45-35)23-39-31-14-6-8-16-33(31)42(40)47-39/h1-23,44-47H,(H,48,49). The van der Waals surface area contributed by atoms with Crippen molar-refractivity contribution in [2.45, 2.75) is 0 Å². The summed E-state index contributed by atoms with van der Waals surface area (Å²) < 4.78 is 0.